The number of nitrogens with zero attached hydrogens (tertiary/aromatic N) is 2. The van der Waals surface area contributed by atoms with E-state index in [-0.39, 0.29) is 29.2 Å². The van der Waals surface area contributed by atoms with Crippen molar-refractivity contribution >= 4 is 16.7 Å². The van der Waals surface area contributed by atoms with Gasteiger partial charge in [0.1, 0.15) is 12.2 Å². The highest BCUT2D eigenvalue weighted by Crippen LogP contribution is 2.24. The van der Waals surface area contributed by atoms with Crippen molar-refractivity contribution in [3.63, 3.8) is 0 Å². The van der Waals surface area contributed by atoms with Gasteiger partial charge in [0.15, 0.2) is 18.9 Å². The largest absolute Gasteiger partial charge is 1.00 e. The average Bonchev–Trinajstić information content (AvgIpc) is 2.63. The quantitative estimate of drug-likeness (QED) is 0.436. The highest BCUT2D eigenvalue weighted by molar-refractivity contribution is 5.84. The van der Waals surface area contributed by atoms with Gasteiger partial charge in [-0.25, -0.2) is 9.36 Å². The van der Waals surface area contributed by atoms with Gasteiger partial charge in [0, 0.05) is 47.9 Å². The molecule has 138 valence electrons. The molecule has 0 fully saturated rings. The number of anilines is 1. The molecule has 1 aromatic carbocycles. The maximum Gasteiger partial charge on any atom is 0.344 e. The number of pyridine rings is 1. The Balaban J connectivity index is 0.00000243. The maximum atomic E-state index is 12.4. The van der Waals surface area contributed by atoms with Crippen molar-refractivity contribution in [2.45, 2.75) is 20.4 Å². The molecule has 3 rings (SSSR count). The number of aliphatic hydroxyl groups is 1. The lowest BCUT2D eigenvalue weighted by Gasteiger charge is -2.21. The Hall–Kier alpha value is -2.18. The molecule has 6 heteroatoms. The van der Waals surface area contributed by atoms with Gasteiger partial charge in [-0.1, -0.05) is 0 Å². The van der Waals surface area contributed by atoms with Gasteiger partial charge in [-0.2, -0.15) is 0 Å². The Bertz CT molecular complexity index is 918. The fourth-order valence-corrected chi connectivity index (χ4v) is 2.99. The lowest BCUT2D eigenvalue weighted by molar-refractivity contribution is -0.698. The summed E-state index contributed by atoms with van der Waals surface area (Å²) in [6.07, 6.45) is 3.69. The third-order valence-electron chi connectivity index (χ3n) is 4.41. The van der Waals surface area contributed by atoms with Crippen LogP contribution in [0.4, 0.5) is 5.69 Å². The van der Waals surface area contributed by atoms with E-state index in [4.69, 9.17) is 9.52 Å². The first-order valence-electron chi connectivity index (χ1n) is 8.59. The molecule has 0 bridgehead atoms. The molecule has 26 heavy (non-hydrogen) atoms. The number of hydrogen-bond acceptors (Lipinski definition) is 4. The fraction of sp³-hybridized carbons (Fsp3) is 0.300. The summed E-state index contributed by atoms with van der Waals surface area (Å²) < 4.78 is 7.44. The van der Waals surface area contributed by atoms with E-state index >= 15 is 0 Å². The molecule has 0 saturated carbocycles. The molecule has 3 aromatic rings. The monoisotopic (exact) mass is 418 g/mol. The van der Waals surface area contributed by atoms with Crippen LogP contribution >= 0.6 is 0 Å². The van der Waals surface area contributed by atoms with Gasteiger partial charge in [0.05, 0.1) is 5.56 Å². The minimum absolute atomic E-state index is 0. The van der Waals surface area contributed by atoms with Crippen LogP contribution in [0.15, 0.2) is 58.0 Å². The van der Waals surface area contributed by atoms with Crippen LogP contribution in [0.25, 0.3) is 22.1 Å². The zero-order valence-electron chi connectivity index (χ0n) is 15.0. The van der Waals surface area contributed by atoms with Gasteiger partial charge >= 0.3 is 5.63 Å². The first-order valence-corrected chi connectivity index (χ1v) is 8.59. The first-order chi connectivity index (χ1) is 12.2. The van der Waals surface area contributed by atoms with Crippen LogP contribution in [0.5, 0.6) is 0 Å². The van der Waals surface area contributed by atoms with Crippen LogP contribution in [0.2, 0.25) is 0 Å². The van der Waals surface area contributed by atoms with Crippen molar-refractivity contribution in [2.24, 2.45) is 0 Å². The number of fused-ring (bicyclic) bond motifs is 1. The van der Waals surface area contributed by atoms with Gasteiger partial charge in [-0.15, -0.1) is 0 Å². The summed E-state index contributed by atoms with van der Waals surface area (Å²) in [6.45, 7) is 6.62. The maximum absolute atomic E-state index is 12.4. The predicted molar refractivity (Wildman–Crippen MR) is 98.8 cm³/mol. The van der Waals surface area contributed by atoms with Gasteiger partial charge in [0.25, 0.3) is 0 Å². The summed E-state index contributed by atoms with van der Waals surface area (Å²) in [4.78, 5) is 14.7. The highest BCUT2D eigenvalue weighted by atomic mass is 79.9. The van der Waals surface area contributed by atoms with Gasteiger partial charge in [-0.3, -0.25) is 0 Å². The number of rotatable bonds is 6. The molecular weight excluding hydrogens is 396 g/mol. The standard InChI is InChI=1S/C20H23N2O3.BrH/c1-3-22(4-2)17-6-5-16-13-18(20(24)25-19(16)14-17)15-7-9-21(10-8-15)11-12-23;/h5-10,13-14,23H,3-4,11-12H2,1-2H3;1H/q+1;/p-1. The lowest BCUT2D eigenvalue weighted by Crippen LogP contribution is -3.00. The molecule has 0 amide bonds. The van der Waals surface area contributed by atoms with Crippen molar-refractivity contribution in [1.82, 2.24) is 0 Å². The van der Waals surface area contributed by atoms with Gasteiger partial charge < -0.3 is 31.4 Å². The van der Waals surface area contributed by atoms with Crippen molar-refractivity contribution in [3.05, 3.63) is 59.2 Å². The van der Waals surface area contributed by atoms with Gasteiger partial charge in [0.2, 0.25) is 0 Å². The summed E-state index contributed by atoms with van der Waals surface area (Å²) in [7, 11) is 0. The van der Waals surface area contributed by atoms with E-state index in [9.17, 15) is 4.79 Å². The molecule has 0 radical (unpaired) electrons. The first kappa shape index (κ1) is 20.1. The SMILES string of the molecule is CCN(CC)c1ccc2cc(-c3cc[n+](CCO)cc3)c(=O)oc2c1.[Br-]. The van der Waals surface area contributed by atoms with E-state index in [0.717, 1.165) is 29.7 Å². The van der Waals surface area contributed by atoms with Crippen LogP contribution in [0.3, 0.4) is 0 Å². The van der Waals surface area contributed by atoms with Crippen LogP contribution < -0.4 is 32.1 Å². The van der Waals surface area contributed by atoms with E-state index in [2.05, 4.69) is 24.8 Å². The molecule has 0 atom stereocenters. The number of hydrogen-bond donors (Lipinski definition) is 1. The molecule has 0 aliphatic heterocycles. The van der Waals surface area contributed by atoms with E-state index in [1.54, 1.807) is 0 Å². The van der Waals surface area contributed by atoms with Crippen molar-refractivity contribution < 1.29 is 31.1 Å². The third kappa shape index (κ3) is 4.14. The molecule has 0 unspecified atom stereocenters. The summed E-state index contributed by atoms with van der Waals surface area (Å²) in [5, 5.41) is 9.88. The Morgan fingerprint density at radius 1 is 1.08 bits per heavy atom. The Morgan fingerprint density at radius 3 is 2.38 bits per heavy atom. The predicted octanol–water partition coefficient (Wildman–Crippen LogP) is -0.410. The van der Waals surface area contributed by atoms with Crippen molar-refractivity contribution in [3.8, 4) is 11.1 Å². The third-order valence-corrected chi connectivity index (χ3v) is 4.41. The zero-order chi connectivity index (χ0) is 17.8. The van der Waals surface area contributed by atoms with E-state index in [1.807, 2.05) is 47.3 Å². The topological polar surface area (TPSA) is 57.6 Å². The lowest BCUT2D eigenvalue weighted by atomic mass is 10.1. The number of halogens is 1. The smallest absolute Gasteiger partial charge is 0.344 e. The molecule has 5 nitrogen and oxygen atoms in total. The Labute approximate surface area is 163 Å². The minimum Gasteiger partial charge on any atom is -1.00 e. The van der Waals surface area contributed by atoms with E-state index < -0.39 is 0 Å². The summed E-state index contributed by atoms with van der Waals surface area (Å²) in [5.74, 6) is 0. The second-order valence-corrected chi connectivity index (χ2v) is 5.89. The highest BCUT2D eigenvalue weighted by Gasteiger charge is 2.11. The van der Waals surface area contributed by atoms with Crippen LogP contribution in [0, 0.1) is 0 Å². The van der Waals surface area contributed by atoms with Crippen LogP contribution in [-0.4, -0.2) is 24.8 Å². The normalized spacial score (nSPS) is 10.6. The van der Waals surface area contributed by atoms with Gasteiger partial charge in [-0.05, 0) is 32.0 Å². The van der Waals surface area contributed by atoms with E-state index in [1.165, 1.54) is 0 Å². The zero-order valence-corrected chi connectivity index (χ0v) is 16.6. The summed E-state index contributed by atoms with van der Waals surface area (Å²) in [5.41, 5.74) is 2.66. The van der Waals surface area contributed by atoms with E-state index in [0.29, 0.717) is 17.7 Å². The average molecular weight is 419 g/mol. The summed E-state index contributed by atoms with van der Waals surface area (Å²) in [6, 6.07) is 11.6. The van der Waals surface area contributed by atoms with Crippen LogP contribution in [0.1, 0.15) is 13.8 Å². The van der Waals surface area contributed by atoms with Crippen molar-refractivity contribution in [2.75, 3.05) is 24.6 Å². The molecule has 1 N–H and O–H groups in total. The molecule has 0 saturated heterocycles. The summed E-state index contributed by atoms with van der Waals surface area (Å²) >= 11 is 0. The Morgan fingerprint density at radius 2 is 1.77 bits per heavy atom. The molecule has 0 spiro atoms. The number of aliphatic hydroxyl groups excluding tert-OH is 1. The molecule has 2 heterocycles. The minimum atomic E-state index is -0.343. The molecule has 0 aliphatic rings. The molecule has 0 aliphatic carbocycles. The second kappa shape index (κ2) is 8.96. The van der Waals surface area contributed by atoms with Crippen molar-refractivity contribution in [1.29, 1.82) is 0 Å². The Kier molecular flexibility index (Phi) is 6.94. The fourth-order valence-electron chi connectivity index (χ4n) is 2.99. The number of aromatic nitrogens is 1. The molecule has 2 aromatic heterocycles. The second-order valence-electron chi connectivity index (χ2n) is 5.89. The number of benzene rings is 1. The molecular formula is C20H23BrN2O3. The van der Waals surface area contributed by atoms with Crippen LogP contribution in [-0.2, 0) is 6.54 Å².